The van der Waals surface area contributed by atoms with E-state index in [0.717, 1.165) is 12.8 Å². The Kier molecular flexibility index (Phi) is 3.40. The van der Waals surface area contributed by atoms with Crippen LogP contribution in [0.1, 0.15) is 58.8 Å². The minimum Gasteiger partial charge on any atom is -0.388 e. The summed E-state index contributed by atoms with van der Waals surface area (Å²) in [5.41, 5.74) is 0.594. The zero-order valence-electron chi connectivity index (χ0n) is 11.7. The SMILES string of the molecule is CC1(C)CC(n2c(CO)n[nH]c2=S)CC(C)(C)C1. The molecule has 0 radical (unpaired) electrons. The maximum atomic E-state index is 9.37. The summed E-state index contributed by atoms with van der Waals surface area (Å²) in [5, 5.41) is 16.3. The topological polar surface area (TPSA) is 53.8 Å². The highest BCUT2D eigenvalue weighted by molar-refractivity contribution is 7.71. The van der Waals surface area contributed by atoms with Crippen LogP contribution in [0.3, 0.4) is 0 Å². The molecule has 1 aromatic rings. The minimum absolute atomic E-state index is 0.0650. The van der Waals surface area contributed by atoms with E-state index in [2.05, 4.69) is 37.9 Å². The van der Waals surface area contributed by atoms with Crippen molar-refractivity contribution in [2.24, 2.45) is 10.8 Å². The van der Waals surface area contributed by atoms with Gasteiger partial charge in [0.2, 0.25) is 0 Å². The van der Waals surface area contributed by atoms with Crippen LogP contribution in [0.2, 0.25) is 0 Å². The Labute approximate surface area is 113 Å². The lowest BCUT2D eigenvalue weighted by Gasteiger charge is -2.45. The molecule has 1 aliphatic rings. The predicted octanol–water partition coefficient (Wildman–Crippen LogP) is 3.21. The number of aromatic amines is 1. The van der Waals surface area contributed by atoms with Gasteiger partial charge in [-0.2, -0.15) is 5.10 Å². The van der Waals surface area contributed by atoms with Gasteiger partial charge in [0, 0.05) is 6.04 Å². The van der Waals surface area contributed by atoms with Crippen LogP contribution >= 0.6 is 12.2 Å². The summed E-state index contributed by atoms with van der Waals surface area (Å²) in [6, 6.07) is 0.331. The maximum Gasteiger partial charge on any atom is 0.195 e. The third-order valence-corrected chi connectivity index (χ3v) is 4.11. The number of hydrogen-bond acceptors (Lipinski definition) is 3. The zero-order valence-corrected chi connectivity index (χ0v) is 12.5. The van der Waals surface area contributed by atoms with Crippen LogP contribution in [0.25, 0.3) is 0 Å². The lowest BCUT2D eigenvalue weighted by atomic mass is 9.63. The number of rotatable bonds is 2. The van der Waals surface area contributed by atoms with E-state index in [4.69, 9.17) is 12.2 Å². The second kappa shape index (κ2) is 4.46. The maximum absolute atomic E-state index is 9.37. The van der Waals surface area contributed by atoms with E-state index in [1.165, 1.54) is 6.42 Å². The van der Waals surface area contributed by atoms with Crippen LogP contribution in [0.5, 0.6) is 0 Å². The molecule has 1 heterocycles. The van der Waals surface area contributed by atoms with Gasteiger partial charge in [-0.05, 0) is 42.3 Å². The monoisotopic (exact) mass is 269 g/mol. The van der Waals surface area contributed by atoms with Crippen LogP contribution in [-0.4, -0.2) is 19.9 Å². The molecule has 1 aliphatic carbocycles. The smallest absolute Gasteiger partial charge is 0.195 e. The first kappa shape index (κ1) is 13.7. The highest BCUT2D eigenvalue weighted by Crippen LogP contribution is 2.50. The van der Waals surface area contributed by atoms with Gasteiger partial charge in [-0.25, -0.2) is 0 Å². The average Bonchev–Trinajstić information content (AvgIpc) is 2.54. The Hall–Kier alpha value is -0.680. The normalized spacial score (nSPS) is 23.2. The van der Waals surface area contributed by atoms with E-state index < -0.39 is 0 Å². The molecule has 1 aromatic heterocycles. The number of H-pyrrole nitrogens is 1. The molecule has 4 nitrogen and oxygen atoms in total. The molecule has 5 heteroatoms. The van der Waals surface area contributed by atoms with Gasteiger partial charge in [-0.3, -0.25) is 9.67 Å². The van der Waals surface area contributed by atoms with Crippen molar-refractivity contribution in [1.29, 1.82) is 0 Å². The molecule has 0 aliphatic heterocycles. The minimum atomic E-state index is -0.0650. The van der Waals surface area contributed by atoms with Crippen molar-refractivity contribution in [2.75, 3.05) is 0 Å². The second-order valence-electron chi connectivity index (χ2n) is 7.04. The molecule has 0 spiro atoms. The van der Waals surface area contributed by atoms with Crippen LogP contribution < -0.4 is 0 Å². The van der Waals surface area contributed by atoms with Crippen molar-refractivity contribution < 1.29 is 5.11 Å². The summed E-state index contributed by atoms with van der Waals surface area (Å²) in [7, 11) is 0. The van der Waals surface area contributed by atoms with Crippen LogP contribution in [0.15, 0.2) is 0 Å². The molecule has 0 aromatic carbocycles. The Bertz CT molecular complexity index is 471. The van der Waals surface area contributed by atoms with E-state index in [1.54, 1.807) is 0 Å². The van der Waals surface area contributed by atoms with Gasteiger partial charge >= 0.3 is 0 Å². The molecule has 2 N–H and O–H groups in total. The van der Waals surface area contributed by atoms with Crippen molar-refractivity contribution in [3.63, 3.8) is 0 Å². The van der Waals surface area contributed by atoms with Gasteiger partial charge in [-0.15, -0.1) is 0 Å². The second-order valence-corrected chi connectivity index (χ2v) is 7.43. The fraction of sp³-hybridized carbons (Fsp3) is 0.846. The van der Waals surface area contributed by atoms with Crippen molar-refractivity contribution >= 4 is 12.2 Å². The molecule has 0 unspecified atom stereocenters. The molecular formula is C13H23N3OS. The van der Waals surface area contributed by atoms with Crippen molar-refractivity contribution in [2.45, 2.75) is 59.6 Å². The molecule has 18 heavy (non-hydrogen) atoms. The molecule has 0 amide bonds. The predicted molar refractivity (Wildman–Crippen MR) is 73.8 cm³/mol. The number of nitrogens with zero attached hydrogens (tertiary/aromatic N) is 2. The molecule has 2 rings (SSSR count). The van der Waals surface area contributed by atoms with Gasteiger partial charge in [0.1, 0.15) is 6.61 Å². The molecule has 0 atom stereocenters. The highest BCUT2D eigenvalue weighted by Gasteiger charge is 2.39. The Morgan fingerprint density at radius 3 is 2.39 bits per heavy atom. The summed E-state index contributed by atoms with van der Waals surface area (Å²) < 4.78 is 2.63. The lowest BCUT2D eigenvalue weighted by molar-refractivity contribution is 0.0687. The lowest BCUT2D eigenvalue weighted by Crippen LogP contribution is -2.35. The quantitative estimate of drug-likeness (QED) is 0.811. The molecule has 0 bridgehead atoms. The first-order valence-electron chi connectivity index (χ1n) is 6.51. The molecule has 102 valence electrons. The van der Waals surface area contributed by atoms with Crippen LogP contribution in [-0.2, 0) is 6.61 Å². The van der Waals surface area contributed by atoms with Gasteiger partial charge in [0.15, 0.2) is 10.6 Å². The van der Waals surface area contributed by atoms with E-state index in [-0.39, 0.29) is 6.61 Å². The first-order valence-corrected chi connectivity index (χ1v) is 6.92. The standard InChI is InChI=1S/C13H23N3OS/c1-12(2)5-9(6-13(3,4)8-12)16-10(7-17)14-15-11(16)18/h9,17H,5-8H2,1-4H3,(H,15,18). The van der Waals surface area contributed by atoms with E-state index >= 15 is 0 Å². The summed E-state index contributed by atoms with van der Waals surface area (Å²) in [4.78, 5) is 0. The van der Waals surface area contributed by atoms with E-state index in [9.17, 15) is 5.11 Å². The third kappa shape index (κ3) is 2.67. The number of aliphatic hydroxyl groups is 1. The summed E-state index contributed by atoms with van der Waals surface area (Å²) in [6.45, 7) is 9.17. The Morgan fingerprint density at radius 2 is 1.89 bits per heavy atom. The fourth-order valence-electron chi connectivity index (χ4n) is 3.80. The number of nitrogens with one attached hydrogen (secondary N) is 1. The Balaban J connectivity index is 2.38. The van der Waals surface area contributed by atoms with Crippen LogP contribution in [0, 0.1) is 15.6 Å². The zero-order chi connectivity index (χ0) is 13.6. The third-order valence-electron chi connectivity index (χ3n) is 3.82. The Morgan fingerprint density at radius 1 is 1.33 bits per heavy atom. The summed E-state index contributed by atoms with van der Waals surface area (Å²) >= 11 is 5.30. The average molecular weight is 269 g/mol. The molecule has 1 fully saturated rings. The number of hydrogen-bond donors (Lipinski definition) is 2. The number of aliphatic hydroxyl groups excluding tert-OH is 1. The highest BCUT2D eigenvalue weighted by atomic mass is 32.1. The van der Waals surface area contributed by atoms with E-state index in [1.807, 2.05) is 4.57 Å². The first-order chi connectivity index (χ1) is 8.24. The summed E-state index contributed by atoms with van der Waals surface area (Å²) in [5.74, 6) is 0.651. The van der Waals surface area contributed by atoms with Crippen molar-refractivity contribution in [3.8, 4) is 0 Å². The van der Waals surface area contributed by atoms with Crippen molar-refractivity contribution in [1.82, 2.24) is 14.8 Å². The largest absolute Gasteiger partial charge is 0.388 e. The van der Waals surface area contributed by atoms with Crippen molar-refractivity contribution in [3.05, 3.63) is 10.6 Å². The molecule has 0 saturated heterocycles. The molecule has 1 saturated carbocycles. The van der Waals surface area contributed by atoms with Gasteiger partial charge in [0.05, 0.1) is 0 Å². The summed E-state index contributed by atoms with van der Waals surface area (Å²) in [6.07, 6.45) is 3.38. The van der Waals surface area contributed by atoms with Gasteiger partial charge in [-0.1, -0.05) is 27.7 Å². The van der Waals surface area contributed by atoms with Gasteiger partial charge < -0.3 is 5.11 Å². The van der Waals surface area contributed by atoms with E-state index in [0.29, 0.717) is 27.5 Å². The molecular weight excluding hydrogens is 246 g/mol. The fourth-order valence-corrected chi connectivity index (χ4v) is 4.10. The number of aromatic nitrogens is 3. The van der Waals surface area contributed by atoms with Crippen LogP contribution in [0.4, 0.5) is 0 Å². The van der Waals surface area contributed by atoms with Gasteiger partial charge in [0.25, 0.3) is 0 Å².